The summed E-state index contributed by atoms with van der Waals surface area (Å²) >= 11 is 5.77. The summed E-state index contributed by atoms with van der Waals surface area (Å²) in [4.78, 5) is 34.4. The molecule has 1 aromatic rings. The fraction of sp³-hybridized carbons (Fsp3) is 0.267. The molecule has 0 spiro atoms. The summed E-state index contributed by atoms with van der Waals surface area (Å²) in [6, 6.07) is 3.45. The van der Waals surface area contributed by atoms with Gasteiger partial charge in [-0.15, -0.1) is 0 Å². The van der Waals surface area contributed by atoms with Crippen molar-refractivity contribution >= 4 is 35.1 Å². The monoisotopic (exact) mass is 343 g/mol. The summed E-state index contributed by atoms with van der Waals surface area (Å²) in [6.07, 6.45) is 0.607. The molecule has 1 amide bonds. The minimum atomic E-state index is -1.14. The molecule has 124 valence electrons. The normalized spacial score (nSPS) is 11.8. The lowest BCUT2D eigenvalue weighted by Gasteiger charge is -2.13. The minimum absolute atomic E-state index is 0.0130. The Kier molecular flexibility index (Phi) is 7.21. The molecular formula is C15H15ClFNO5. The molecule has 0 saturated carbocycles. The Morgan fingerprint density at radius 2 is 1.96 bits per heavy atom. The van der Waals surface area contributed by atoms with Crippen LogP contribution in [0.25, 0.3) is 0 Å². The number of benzene rings is 1. The predicted octanol–water partition coefficient (Wildman–Crippen LogP) is 2.47. The molecule has 0 aliphatic rings. The van der Waals surface area contributed by atoms with E-state index in [0.29, 0.717) is 0 Å². The first-order valence-corrected chi connectivity index (χ1v) is 7.02. The van der Waals surface area contributed by atoms with Gasteiger partial charge in [0.25, 0.3) is 5.91 Å². The van der Waals surface area contributed by atoms with Crippen LogP contribution in [0.15, 0.2) is 30.4 Å². The zero-order valence-corrected chi connectivity index (χ0v) is 13.2. The second kappa shape index (κ2) is 8.89. The Morgan fingerprint density at radius 1 is 1.30 bits per heavy atom. The molecule has 0 bridgehead atoms. The number of esters is 2. The third-order valence-corrected chi connectivity index (χ3v) is 2.81. The summed E-state index contributed by atoms with van der Waals surface area (Å²) in [5, 5.41) is 2.41. The molecule has 0 unspecified atom stereocenters. The quantitative estimate of drug-likeness (QED) is 0.634. The zero-order valence-electron chi connectivity index (χ0n) is 12.5. The number of carbonyl (C=O) groups excluding carboxylic acids is 3. The Bertz CT molecular complexity index is 632. The van der Waals surface area contributed by atoms with E-state index in [0.717, 1.165) is 24.3 Å². The van der Waals surface area contributed by atoms with Crippen LogP contribution >= 0.6 is 11.6 Å². The average molecular weight is 344 g/mol. The smallest absolute Gasteiger partial charge is 0.331 e. The molecule has 0 aliphatic carbocycles. The number of rotatable bonds is 6. The number of carbonyl (C=O) groups is 3. The van der Waals surface area contributed by atoms with Crippen molar-refractivity contribution in [1.82, 2.24) is 0 Å². The van der Waals surface area contributed by atoms with Gasteiger partial charge in [0.15, 0.2) is 6.10 Å². The highest BCUT2D eigenvalue weighted by Gasteiger charge is 2.18. The SMILES string of the molecule is CCOC(=O)/C=C/C(=O)O[C@@H](C)C(=O)Nc1ccc(F)cc1Cl. The Hall–Kier alpha value is -2.41. The van der Waals surface area contributed by atoms with Crippen LogP contribution in [0.4, 0.5) is 10.1 Å². The first-order chi connectivity index (χ1) is 10.8. The van der Waals surface area contributed by atoms with E-state index in [1.54, 1.807) is 6.92 Å². The van der Waals surface area contributed by atoms with Gasteiger partial charge in [-0.3, -0.25) is 4.79 Å². The molecule has 0 heterocycles. The Morgan fingerprint density at radius 3 is 2.57 bits per heavy atom. The van der Waals surface area contributed by atoms with Gasteiger partial charge in [0.2, 0.25) is 0 Å². The predicted molar refractivity (Wildman–Crippen MR) is 81.4 cm³/mol. The third kappa shape index (κ3) is 6.48. The lowest BCUT2D eigenvalue weighted by atomic mass is 10.3. The summed E-state index contributed by atoms with van der Waals surface area (Å²) < 4.78 is 22.3. The lowest BCUT2D eigenvalue weighted by Crippen LogP contribution is -2.29. The summed E-state index contributed by atoms with van der Waals surface area (Å²) in [5.74, 6) is -2.78. The van der Waals surface area contributed by atoms with Crippen molar-refractivity contribution in [3.8, 4) is 0 Å². The van der Waals surface area contributed by atoms with Crippen LogP contribution in [0.1, 0.15) is 13.8 Å². The second-order valence-electron chi connectivity index (χ2n) is 4.28. The largest absolute Gasteiger partial charge is 0.463 e. The van der Waals surface area contributed by atoms with E-state index in [1.807, 2.05) is 0 Å². The van der Waals surface area contributed by atoms with Crippen molar-refractivity contribution in [2.24, 2.45) is 0 Å². The van der Waals surface area contributed by atoms with E-state index < -0.39 is 29.8 Å². The Labute approximate surface area is 137 Å². The highest BCUT2D eigenvalue weighted by atomic mass is 35.5. The number of amides is 1. The van der Waals surface area contributed by atoms with Crippen molar-refractivity contribution in [2.75, 3.05) is 11.9 Å². The van der Waals surface area contributed by atoms with Crippen LogP contribution in [-0.4, -0.2) is 30.6 Å². The third-order valence-electron chi connectivity index (χ3n) is 2.49. The molecule has 1 aromatic carbocycles. The molecule has 0 aliphatic heterocycles. The minimum Gasteiger partial charge on any atom is -0.463 e. The van der Waals surface area contributed by atoms with Gasteiger partial charge >= 0.3 is 11.9 Å². The molecule has 23 heavy (non-hydrogen) atoms. The molecular weight excluding hydrogens is 329 g/mol. The van der Waals surface area contributed by atoms with Crippen molar-refractivity contribution in [3.05, 3.63) is 41.2 Å². The van der Waals surface area contributed by atoms with Gasteiger partial charge in [-0.1, -0.05) is 11.6 Å². The molecule has 0 fully saturated rings. The number of halogens is 2. The van der Waals surface area contributed by atoms with E-state index in [9.17, 15) is 18.8 Å². The molecule has 6 nitrogen and oxygen atoms in total. The number of ether oxygens (including phenoxy) is 2. The first kappa shape index (κ1) is 18.6. The summed E-state index contributed by atoms with van der Waals surface area (Å²) in [7, 11) is 0. The van der Waals surface area contributed by atoms with E-state index in [-0.39, 0.29) is 17.3 Å². The van der Waals surface area contributed by atoms with Crippen molar-refractivity contribution in [2.45, 2.75) is 20.0 Å². The number of nitrogens with one attached hydrogen (secondary N) is 1. The standard InChI is InChI=1S/C15H15ClFNO5/c1-3-22-13(19)6-7-14(20)23-9(2)15(21)18-12-5-4-10(17)8-11(12)16/h4-9H,3H2,1-2H3,(H,18,21)/b7-6+/t9-/m0/s1. The summed E-state index contributed by atoms with van der Waals surface area (Å²) in [5.41, 5.74) is 0.183. The van der Waals surface area contributed by atoms with E-state index in [2.05, 4.69) is 10.1 Å². The molecule has 1 rings (SSSR count). The van der Waals surface area contributed by atoms with Crippen LogP contribution < -0.4 is 5.32 Å². The fourth-order valence-electron chi connectivity index (χ4n) is 1.42. The Balaban J connectivity index is 2.56. The maximum absolute atomic E-state index is 12.9. The molecule has 0 aromatic heterocycles. The molecule has 8 heteroatoms. The van der Waals surface area contributed by atoms with E-state index in [1.165, 1.54) is 13.0 Å². The van der Waals surface area contributed by atoms with Crippen LogP contribution in [0.2, 0.25) is 5.02 Å². The van der Waals surface area contributed by atoms with Crippen molar-refractivity contribution in [3.63, 3.8) is 0 Å². The van der Waals surface area contributed by atoms with Gasteiger partial charge in [-0.2, -0.15) is 0 Å². The van der Waals surface area contributed by atoms with Gasteiger partial charge in [-0.25, -0.2) is 14.0 Å². The van der Waals surface area contributed by atoms with Crippen molar-refractivity contribution in [1.29, 1.82) is 0 Å². The lowest BCUT2D eigenvalue weighted by molar-refractivity contribution is -0.148. The number of anilines is 1. The van der Waals surface area contributed by atoms with E-state index in [4.69, 9.17) is 16.3 Å². The van der Waals surface area contributed by atoms with Gasteiger partial charge < -0.3 is 14.8 Å². The maximum Gasteiger partial charge on any atom is 0.331 e. The van der Waals surface area contributed by atoms with Crippen LogP contribution in [0.5, 0.6) is 0 Å². The topological polar surface area (TPSA) is 81.7 Å². The highest BCUT2D eigenvalue weighted by molar-refractivity contribution is 6.33. The maximum atomic E-state index is 12.9. The van der Waals surface area contributed by atoms with Crippen LogP contribution in [0, 0.1) is 5.82 Å². The molecule has 1 atom stereocenters. The second-order valence-corrected chi connectivity index (χ2v) is 4.69. The molecule has 0 radical (unpaired) electrons. The number of hydrogen-bond acceptors (Lipinski definition) is 5. The van der Waals surface area contributed by atoms with Gasteiger partial charge in [0.1, 0.15) is 5.82 Å². The van der Waals surface area contributed by atoms with Crippen LogP contribution in [0.3, 0.4) is 0 Å². The molecule has 0 saturated heterocycles. The van der Waals surface area contributed by atoms with Gasteiger partial charge in [0, 0.05) is 12.2 Å². The van der Waals surface area contributed by atoms with E-state index >= 15 is 0 Å². The van der Waals surface area contributed by atoms with Gasteiger partial charge in [0.05, 0.1) is 17.3 Å². The highest BCUT2D eigenvalue weighted by Crippen LogP contribution is 2.22. The van der Waals surface area contributed by atoms with Crippen molar-refractivity contribution < 1.29 is 28.2 Å². The zero-order chi connectivity index (χ0) is 17.4. The number of hydrogen-bond donors (Lipinski definition) is 1. The molecule has 1 N–H and O–H groups in total. The van der Waals surface area contributed by atoms with Crippen LogP contribution in [-0.2, 0) is 23.9 Å². The fourth-order valence-corrected chi connectivity index (χ4v) is 1.63. The first-order valence-electron chi connectivity index (χ1n) is 6.64. The summed E-state index contributed by atoms with van der Waals surface area (Å²) in [6.45, 7) is 3.13. The average Bonchev–Trinajstić information content (AvgIpc) is 2.48. The van der Waals surface area contributed by atoms with Gasteiger partial charge in [-0.05, 0) is 32.0 Å².